The van der Waals surface area contributed by atoms with Gasteiger partial charge in [0.05, 0.1) is 29.0 Å². The lowest BCUT2D eigenvalue weighted by Gasteiger charge is -2.13. The van der Waals surface area contributed by atoms with Crippen LogP contribution >= 0.6 is 0 Å². The summed E-state index contributed by atoms with van der Waals surface area (Å²) in [6.07, 6.45) is 1.32. The number of pyridine rings is 2. The molecule has 0 aromatic carbocycles. The average Bonchev–Trinajstić information content (AvgIpc) is 3.30. The molecule has 4 rings (SSSR count). The minimum absolute atomic E-state index is 0.0963. The number of hydrogen-bond donors (Lipinski definition) is 1. The van der Waals surface area contributed by atoms with Gasteiger partial charge in [0.25, 0.3) is 0 Å². The van der Waals surface area contributed by atoms with Gasteiger partial charge in [-0.1, -0.05) is 6.07 Å². The maximum absolute atomic E-state index is 12.3. The fourth-order valence-electron chi connectivity index (χ4n) is 3.09. The number of aromatic nitrogens is 4. The highest BCUT2D eigenvalue weighted by atomic mass is 19.4. The number of nitrogens with zero attached hydrogens (tertiary/aromatic N) is 4. The first-order valence-corrected chi connectivity index (χ1v) is 8.58. The van der Waals surface area contributed by atoms with Crippen LogP contribution in [0.1, 0.15) is 24.2 Å². The number of ether oxygens (including phenoxy) is 1. The fraction of sp³-hybridized carbons (Fsp3) is 0.333. The van der Waals surface area contributed by atoms with Crippen molar-refractivity contribution in [1.82, 2.24) is 25.1 Å². The van der Waals surface area contributed by atoms with E-state index >= 15 is 0 Å². The number of hydrogen-bond acceptors (Lipinski definition) is 5. The number of halogens is 3. The molecule has 0 bridgehead atoms. The van der Waals surface area contributed by atoms with Crippen LogP contribution in [0.5, 0.6) is 5.88 Å². The summed E-state index contributed by atoms with van der Waals surface area (Å²) in [6.45, 7) is -1.14. The van der Waals surface area contributed by atoms with Crippen molar-refractivity contribution >= 4 is 17.3 Å². The molecule has 0 spiro atoms. The highest BCUT2D eigenvalue weighted by Gasteiger charge is 2.46. The second kappa shape index (κ2) is 6.77. The number of carbonyl (C=O) groups excluding carboxylic acids is 1. The van der Waals surface area contributed by atoms with E-state index in [1.807, 2.05) is 0 Å². The third kappa shape index (κ3) is 3.75. The predicted molar refractivity (Wildman–Crippen MR) is 92.5 cm³/mol. The van der Waals surface area contributed by atoms with Gasteiger partial charge in [0.1, 0.15) is 0 Å². The maximum atomic E-state index is 12.3. The lowest BCUT2D eigenvalue weighted by molar-refractivity contribution is -0.154. The first-order chi connectivity index (χ1) is 13.4. The van der Waals surface area contributed by atoms with Crippen molar-refractivity contribution in [3.63, 3.8) is 0 Å². The van der Waals surface area contributed by atoms with Gasteiger partial charge in [0, 0.05) is 23.8 Å². The van der Waals surface area contributed by atoms with Gasteiger partial charge in [-0.3, -0.25) is 14.5 Å². The SMILES string of the molecule is O=CNC1(c2nccc3nn(Cc4cccc(OCC(F)(F)F)n4)cc23)CC1. The van der Waals surface area contributed by atoms with E-state index in [-0.39, 0.29) is 12.4 Å². The van der Waals surface area contributed by atoms with Crippen molar-refractivity contribution in [2.24, 2.45) is 0 Å². The molecule has 1 amide bonds. The van der Waals surface area contributed by atoms with Crippen LogP contribution in [0.4, 0.5) is 13.2 Å². The molecule has 10 heteroatoms. The maximum Gasteiger partial charge on any atom is 0.422 e. The van der Waals surface area contributed by atoms with Crippen molar-refractivity contribution < 1.29 is 22.7 Å². The Morgan fingerprint density at radius 3 is 2.82 bits per heavy atom. The molecule has 0 saturated heterocycles. The predicted octanol–water partition coefficient (Wildman–Crippen LogP) is 2.55. The van der Waals surface area contributed by atoms with Crippen LogP contribution < -0.4 is 10.1 Å². The Bertz CT molecular complexity index is 1010. The van der Waals surface area contributed by atoms with E-state index in [9.17, 15) is 18.0 Å². The first-order valence-electron chi connectivity index (χ1n) is 8.58. The lowest BCUT2D eigenvalue weighted by atomic mass is 10.1. The van der Waals surface area contributed by atoms with E-state index in [0.717, 1.165) is 23.9 Å². The van der Waals surface area contributed by atoms with Crippen LogP contribution in [0.15, 0.2) is 36.7 Å². The van der Waals surface area contributed by atoms with Crippen molar-refractivity contribution in [2.75, 3.05) is 6.61 Å². The van der Waals surface area contributed by atoms with E-state index < -0.39 is 18.3 Å². The van der Waals surface area contributed by atoms with E-state index in [1.54, 1.807) is 35.3 Å². The smallest absolute Gasteiger partial charge is 0.422 e. The highest BCUT2D eigenvalue weighted by Crippen LogP contribution is 2.46. The van der Waals surface area contributed by atoms with Crippen molar-refractivity contribution in [1.29, 1.82) is 0 Å². The summed E-state index contributed by atoms with van der Waals surface area (Å²) in [4.78, 5) is 19.4. The van der Waals surface area contributed by atoms with E-state index in [4.69, 9.17) is 0 Å². The van der Waals surface area contributed by atoms with Crippen molar-refractivity contribution in [3.8, 4) is 5.88 Å². The summed E-state index contributed by atoms with van der Waals surface area (Å²) in [5.41, 5.74) is 1.54. The standard InChI is InChI=1S/C18H16F3N5O2/c19-18(20,21)10-28-15-3-1-2-12(24-15)8-26-9-13-14(25-26)4-7-22-16(13)17(5-6-17)23-11-27/h1-4,7,9,11H,5-6,8,10H2,(H,23,27). The molecule has 1 saturated carbocycles. The van der Waals surface area contributed by atoms with Crippen LogP contribution in [0.3, 0.4) is 0 Å². The lowest BCUT2D eigenvalue weighted by Crippen LogP contribution is -2.28. The third-order valence-corrected chi connectivity index (χ3v) is 4.51. The van der Waals surface area contributed by atoms with Gasteiger partial charge in [-0.2, -0.15) is 18.3 Å². The van der Waals surface area contributed by atoms with Crippen LogP contribution in [-0.4, -0.2) is 38.9 Å². The molecule has 1 fully saturated rings. The summed E-state index contributed by atoms with van der Waals surface area (Å²) in [7, 11) is 0. The molecule has 28 heavy (non-hydrogen) atoms. The normalized spacial score (nSPS) is 15.4. The minimum Gasteiger partial charge on any atom is -0.468 e. The van der Waals surface area contributed by atoms with Gasteiger partial charge in [0.15, 0.2) is 6.61 Å². The van der Waals surface area contributed by atoms with Crippen LogP contribution in [0.25, 0.3) is 10.9 Å². The van der Waals surface area contributed by atoms with Gasteiger partial charge in [0.2, 0.25) is 12.3 Å². The van der Waals surface area contributed by atoms with Crippen LogP contribution in [0, 0.1) is 0 Å². The largest absolute Gasteiger partial charge is 0.468 e. The minimum atomic E-state index is -4.42. The molecule has 1 aliphatic rings. The highest BCUT2D eigenvalue weighted by molar-refractivity contribution is 5.82. The zero-order valence-electron chi connectivity index (χ0n) is 14.6. The third-order valence-electron chi connectivity index (χ3n) is 4.51. The van der Waals surface area contributed by atoms with E-state index in [2.05, 4.69) is 25.1 Å². The van der Waals surface area contributed by atoms with Gasteiger partial charge in [-0.15, -0.1) is 0 Å². The molecule has 1 N–H and O–H groups in total. The van der Waals surface area contributed by atoms with Crippen molar-refractivity contribution in [3.05, 3.63) is 48.0 Å². The average molecular weight is 391 g/mol. The number of rotatable bonds is 7. The van der Waals surface area contributed by atoms with Gasteiger partial charge in [-0.25, -0.2) is 4.98 Å². The number of amides is 1. The number of carbonyl (C=O) groups is 1. The molecule has 3 aromatic rings. The molecule has 0 aliphatic heterocycles. The molecule has 0 unspecified atom stereocenters. The van der Waals surface area contributed by atoms with Gasteiger partial charge in [-0.05, 0) is 25.0 Å². The molecule has 3 heterocycles. The number of fused-ring (bicyclic) bond motifs is 1. The number of nitrogens with one attached hydrogen (secondary N) is 1. The quantitative estimate of drug-likeness (QED) is 0.626. The van der Waals surface area contributed by atoms with Gasteiger partial charge >= 0.3 is 6.18 Å². The van der Waals surface area contributed by atoms with E-state index in [0.29, 0.717) is 17.6 Å². The molecule has 146 valence electrons. The molecular formula is C18H16F3N5O2. The van der Waals surface area contributed by atoms with Crippen LogP contribution in [0.2, 0.25) is 0 Å². The second-order valence-electron chi connectivity index (χ2n) is 6.63. The molecular weight excluding hydrogens is 375 g/mol. The number of alkyl halides is 3. The summed E-state index contributed by atoms with van der Waals surface area (Å²) in [6, 6.07) is 6.40. The Hall–Kier alpha value is -3.17. The monoisotopic (exact) mass is 391 g/mol. The van der Waals surface area contributed by atoms with E-state index in [1.165, 1.54) is 6.07 Å². The summed E-state index contributed by atoms with van der Waals surface area (Å²) >= 11 is 0. The van der Waals surface area contributed by atoms with Gasteiger partial charge < -0.3 is 10.1 Å². The second-order valence-corrected chi connectivity index (χ2v) is 6.63. The molecule has 7 nitrogen and oxygen atoms in total. The zero-order valence-corrected chi connectivity index (χ0v) is 14.6. The Morgan fingerprint density at radius 1 is 1.29 bits per heavy atom. The first kappa shape index (κ1) is 18.2. The molecule has 1 aliphatic carbocycles. The van der Waals surface area contributed by atoms with Crippen molar-refractivity contribution in [2.45, 2.75) is 31.1 Å². The molecule has 0 radical (unpaired) electrons. The Morgan fingerprint density at radius 2 is 2.11 bits per heavy atom. The summed E-state index contributed by atoms with van der Waals surface area (Å²) < 4.78 is 43.2. The fourth-order valence-corrected chi connectivity index (χ4v) is 3.09. The Kier molecular flexibility index (Phi) is 4.40. The molecule has 0 atom stereocenters. The summed E-state index contributed by atoms with van der Waals surface area (Å²) in [5, 5.41) is 8.14. The van der Waals surface area contributed by atoms with Crippen LogP contribution in [-0.2, 0) is 16.9 Å². The topological polar surface area (TPSA) is 81.9 Å². The summed E-state index contributed by atoms with van der Waals surface area (Å²) in [5.74, 6) is -0.0963. The Labute approximate surface area is 157 Å². The zero-order chi connectivity index (χ0) is 19.8. The Balaban J connectivity index is 1.57. The molecule has 3 aromatic heterocycles.